The van der Waals surface area contributed by atoms with Crippen LogP contribution in [0.15, 0.2) is 34.7 Å². The highest BCUT2D eigenvalue weighted by Crippen LogP contribution is 2.52. The van der Waals surface area contributed by atoms with Crippen molar-refractivity contribution in [2.45, 2.75) is 58.0 Å². The second-order valence-electron chi connectivity index (χ2n) is 7.91. The summed E-state index contributed by atoms with van der Waals surface area (Å²) in [5, 5.41) is 2.82. The smallest absolute Gasteiger partial charge is 0.229 e. The Morgan fingerprint density at radius 1 is 1.29 bits per heavy atom. The lowest BCUT2D eigenvalue weighted by molar-refractivity contribution is -0.136. The lowest BCUT2D eigenvalue weighted by Gasteiger charge is -2.34. The van der Waals surface area contributed by atoms with Crippen molar-refractivity contribution in [1.29, 1.82) is 0 Å². The summed E-state index contributed by atoms with van der Waals surface area (Å²) in [4.78, 5) is 32.4. The first-order chi connectivity index (χ1) is 13.5. The van der Waals surface area contributed by atoms with Crippen LogP contribution in [-0.2, 0) is 16.0 Å². The summed E-state index contributed by atoms with van der Waals surface area (Å²) in [5.74, 6) is 1.32. The van der Waals surface area contributed by atoms with Crippen LogP contribution in [0.2, 0.25) is 0 Å². The van der Waals surface area contributed by atoms with Gasteiger partial charge in [-0.15, -0.1) is 0 Å². The van der Waals surface area contributed by atoms with Gasteiger partial charge >= 0.3 is 0 Å². The SMILES string of the molecule is CC[C@]1(C(=O)NC)C[C@H]2CC[C@@H]1N2C(=O)Cc1nc(-c2ccccc2)oc1C. The van der Waals surface area contributed by atoms with Gasteiger partial charge in [-0.25, -0.2) is 4.98 Å². The van der Waals surface area contributed by atoms with Crippen LogP contribution in [0.1, 0.15) is 44.1 Å². The van der Waals surface area contributed by atoms with Gasteiger partial charge in [-0.3, -0.25) is 9.59 Å². The zero-order chi connectivity index (χ0) is 19.9. The minimum absolute atomic E-state index is 0.0178. The molecular weight excluding hydrogens is 354 g/mol. The van der Waals surface area contributed by atoms with Crippen molar-refractivity contribution in [3.05, 3.63) is 41.8 Å². The van der Waals surface area contributed by atoms with Crippen LogP contribution < -0.4 is 5.32 Å². The summed E-state index contributed by atoms with van der Waals surface area (Å²) in [6, 6.07) is 9.83. The maximum atomic E-state index is 13.2. The number of carbonyl (C=O) groups is 2. The molecular formula is C22H27N3O3. The van der Waals surface area contributed by atoms with Gasteiger partial charge < -0.3 is 14.6 Å². The van der Waals surface area contributed by atoms with E-state index in [1.54, 1.807) is 7.05 Å². The summed E-state index contributed by atoms with van der Waals surface area (Å²) < 4.78 is 5.81. The number of amides is 2. The van der Waals surface area contributed by atoms with Gasteiger partial charge in [0.1, 0.15) is 5.76 Å². The van der Waals surface area contributed by atoms with E-state index in [4.69, 9.17) is 4.42 Å². The number of rotatable bonds is 5. The van der Waals surface area contributed by atoms with Gasteiger partial charge in [-0.2, -0.15) is 0 Å². The third-order valence-electron chi connectivity index (χ3n) is 6.57. The highest BCUT2D eigenvalue weighted by atomic mass is 16.4. The first-order valence-corrected chi connectivity index (χ1v) is 10.0. The monoisotopic (exact) mass is 381 g/mol. The van der Waals surface area contributed by atoms with Crippen LogP contribution >= 0.6 is 0 Å². The zero-order valence-electron chi connectivity index (χ0n) is 16.7. The molecule has 6 nitrogen and oxygen atoms in total. The summed E-state index contributed by atoms with van der Waals surface area (Å²) >= 11 is 0. The number of aromatic nitrogens is 1. The van der Waals surface area contributed by atoms with Crippen LogP contribution in [0.25, 0.3) is 11.5 Å². The maximum absolute atomic E-state index is 13.2. The van der Waals surface area contributed by atoms with Crippen molar-refractivity contribution in [2.75, 3.05) is 7.05 Å². The molecule has 2 amide bonds. The molecule has 3 atom stereocenters. The molecule has 2 aromatic rings. The van der Waals surface area contributed by atoms with E-state index in [9.17, 15) is 9.59 Å². The average molecular weight is 381 g/mol. The van der Waals surface area contributed by atoms with Crippen molar-refractivity contribution in [2.24, 2.45) is 5.41 Å². The van der Waals surface area contributed by atoms with Gasteiger partial charge in [-0.05, 0) is 44.7 Å². The summed E-state index contributed by atoms with van der Waals surface area (Å²) in [5.41, 5.74) is 1.12. The Kier molecular flexibility index (Phi) is 4.73. The van der Waals surface area contributed by atoms with Crippen molar-refractivity contribution >= 4 is 11.8 Å². The lowest BCUT2D eigenvalue weighted by atomic mass is 9.71. The van der Waals surface area contributed by atoms with Crippen LogP contribution in [0.3, 0.4) is 0 Å². The lowest BCUT2D eigenvalue weighted by Crippen LogP contribution is -2.49. The van der Waals surface area contributed by atoms with E-state index in [0.29, 0.717) is 17.3 Å². The molecule has 4 rings (SSSR count). The molecule has 0 aliphatic carbocycles. The van der Waals surface area contributed by atoms with Gasteiger partial charge in [0.2, 0.25) is 17.7 Å². The molecule has 2 aliphatic heterocycles. The van der Waals surface area contributed by atoms with E-state index in [-0.39, 0.29) is 30.3 Å². The molecule has 0 spiro atoms. The predicted molar refractivity (Wildman–Crippen MR) is 105 cm³/mol. The van der Waals surface area contributed by atoms with Crippen molar-refractivity contribution in [1.82, 2.24) is 15.2 Å². The van der Waals surface area contributed by atoms with Crippen molar-refractivity contribution in [3.8, 4) is 11.5 Å². The molecule has 2 fully saturated rings. The first-order valence-electron chi connectivity index (χ1n) is 10.0. The molecule has 3 heterocycles. The second kappa shape index (κ2) is 7.08. The van der Waals surface area contributed by atoms with E-state index >= 15 is 0 Å². The number of nitrogens with one attached hydrogen (secondary N) is 1. The van der Waals surface area contributed by atoms with Crippen LogP contribution in [-0.4, -0.2) is 40.8 Å². The quantitative estimate of drug-likeness (QED) is 0.864. The van der Waals surface area contributed by atoms with E-state index in [1.165, 1.54) is 0 Å². The number of carbonyl (C=O) groups excluding carboxylic acids is 2. The highest BCUT2D eigenvalue weighted by molar-refractivity contribution is 5.87. The number of nitrogens with zero attached hydrogens (tertiary/aromatic N) is 2. The number of aryl methyl sites for hydroxylation is 1. The Hall–Kier alpha value is -2.63. The average Bonchev–Trinajstić information content (AvgIpc) is 3.40. The number of hydrogen-bond acceptors (Lipinski definition) is 4. The Morgan fingerprint density at radius 3 is 2.71 bits per heavy atom. The van der Waals surface area contributed by atoms with E-state index in [2.05, 4.69) is 10.3 Å². The summed E-state index contributed by atoms with van der Waals surface area (Å²) in [7, 11) is 1.68. The van der Waals surface area contributed by atoms with E-state index < -0.39 is 5.41 Å². The van der Waals surface area contributed by atoms with Gasteiger partial charge in [0.25, 0.3) is 0 Å². The van der Waals surface area contributed by atoms with Gasteiger partial charge in [-0.1, -0.05) is 25.1 Å². The maximum Gasteiger partial charge on any atom is 0.229 e. The Balaban J connectivity index is 1.55. The summed E-state index contributed by atoms with van der Waals surface area (Å²) in [6.45, 7) is 3.90. The van der Waals surface area contributed by atoms with Gasteiger partial charge in [0, 0.05) is 24.7 Å². The van der Waals surface area contributed by atoms with Crippen LogP contribution in [0, 0.1) is 12.3 Å². The van der Waals surface area contributed by atoms with E-state index in [0.717, 1.165) is 31.2 Å². The van der Waals surface area contributed by atoms with Crippen molar-refractivity contribution < 1.29 is 14.0 Å². The molecule has 148 valence electrons. The largest absolute Gasteiger partial charge is 0.441 e. The predicted octanol–water partition coefficient (Wildman–Crippen LogP) is 3.10. The molecule has 1 aromatic heterocycles. The number of hydrogen-bond donors (Lipinski definition) is 1. The molecule has 28 heavy (non-hydrogen) atoms. The minimum Gasteiger partial charge on any atom is -0.441 e. The Bertz CT molecular complexity index is 892. The Morgan fingerprint density at radius 2 is 2.04 bits per heavy atom. The number of benzene rings is 1. The third-order valence-corrected chi connectivity index (χ3v) is 6.57. The molecule has 6 heteroatoms. The fourth-order valence-electron chi connectivity index (χ4n) is 5.12. The Labute approximate surface area is 165 Å². The van der Waals surface area contributed by atoms with Crippen LogP contribution in [0.4, 0.5) is 0 Å². The molecule has 0 saturated carbocycles. The molecule has 1 aromatic carbocycles. The van der Waals surface area contributed by atoms with Gasteiger partial charge in [0.15, 0.2) is 0 Å². The van der Waals surface area contributed by atoms with E-state index in [1.807, 2.05) is 49.1 Å². The topological polar surface area (TPSA) is 75.4 Å². The molecule has 2 saturated heterocycles. The van der Waals surface area contributed by atoms with Crippen molar-refractivity contribution in [3.63, 3.8) is 0 Å². The zero-order valence-corrected chi connectivity index (χ0v) is 16.7. The fourth-order valence-corrected chi connectivity index (χ4v) is 5.12. The normalized spacial score (nSPS) is 25.9. The highest BCUT2D eigenvalue weighted by Gasteiger charge is 2.59. The molecule has 2 aliphatic rings. The first kappa shape index (κ1) is 18.7. The standard InChI is InChI=1S/C22H27N3O3/c1-4-22(21(27)23-3)13-16-10-11-18(22)25(16)19(26)12-17-14(2)28-20(24-17)15-8-6-5-7-9-15/h5-9,16,18H,4,10-13H2,1-3H3,(H,23,27)/t16-,18+,22+/m1/s1. The minimum atomic E-state index is -0.457. The number of fused-ring (bicyclic) bond motifs is 2. The second-order valence-corrected chi connectivity index (χ2v) is 7.91. The summed E-state index contributed by atoms with van der Waals surface area (Å²) in [6.07, 6.45) is 3.58. The molecule has 1 N–H and O–H groups in total. The third kappa shape index (κ3) is 2.82. The van der Waals surface area contributed by atoms with Gasteiger partial charge in [0.05, 0.1) is 17.5 Å². The molecule has 2 bridgehead atoms. The number of oxazole rings is 1. The fraction of sp³-hybridized carbons (Fsp3) is 0.500. The van der Waals surface area contributed by atoms with Crippen LogP contribution in [0.5, 0.6) is 0 Å². The molecule has 0 unspecified atom stereocenters. The molecule has 0 radical (unpaired) electrons.